The summed E-state index contributed by atoms with van der Waals surface area (Å²) in [6.45, 7) is 12.1. The van der Waals surface area contributed by atoms with Crippen molar-refractivity contribution in [2.24, 2.45) is 0 Å². The molecule has 0 heterocycles. The van der Waals surface area contributed by atoms with E-state index in [0.29, 0.717) is 0 Å². The lowest BCUT2D eigenvalue weighted by molar-refractivity contribution is 1.36. The summed E-state index contributed by atoms with van der Waals surface area (Å²) in [5.74, 6) is 0. The fourth-order valence-electron chi connectivity index (χ4n) is 0. The minimum absolute atomic E-state index is 1.38. The Balaban J connectivity index is -0.000000117. The molecule has 13 heavy (non-hydrogen) atoms. The van der Waals surface area contributed by atoms with Gasteiger partial charge in [-0.1, -0.05) is 41.5 Å². The molecular weight excluding hydrogens is 180 g/mol. The predicted octanol–water partition coefficient (Wildman–Crippen LogP) is 5.31. The summed E-state index contributed by atoms with van der Waals surface area (Å²) in [6, 6.07) is 0. The highest BCUT2D eigenvalue weighted by Crippen LogP contribution is 1.82. The average molecular weight is 203 g/mol. The zero-order valence-corrected chi connectivity index (χ0v) is 10.5. The van der Waals surface area contributed by atoms with Crippen molar-refractivity contribution < 1.29 is 0 Å². The van der Waals surface area contributed by atoms with Gasteiger partial charge in [0.2, 0.25) is 0 Å². The summed E-state index contributed by atoms with van der Waals surface area (Å²) >= 11 is 5.01. The second-order valence-electron chi connectivity index (χ2n) is 2.49. The molecule has 0 aromatic carbocycles. The van der Waals surface area contributed by atoms with Crippen molar-refractivity contribution in [3.8, 4) is 0 Å². The number of hydrogen-bond donors (Lipinski definition) is 0. The van der Waals surface area contributed by atoms with Crippen molar-refractivity contribution >= 4 is 11.6 Å². The van der Waals surface area contributed by atoms with E-state index < -0.39 is 0 Å². The van der Waals surface area contributed by atoms with Crippen molar-refractivity contribution in [1.29, 1.82) is 0 Å². The van der Waals surface area contributed by atoms with E-state index in [-0.39, 0.29) is 0 Å². The van der Waals surface area contributed by atoms with Gasteiger partial charge in [-0.2, -0.15) is 0 Å². The zero-order chi connectivity index (χ0) is 11.1. The summed E-state index contributed by atoms with van der Waals surface area (Å²) in [4.78, 5) is 0. The van der Waals surface area contributed by atoms with Gasteiger partial charge >= 0.3 is 0 Å². The van der Waals surface area contributed by atoms with Crippen LogP contribution in [0.4, 0.5) is 0 Å². The summed E-state index contributed by atoms with van der Waals surface area (Å²) in [6.07, 6.45) is 7.85. The summed E-state index contributed by atoms with van der Waals surface area (Å²) < 4.78 is 0. The Morgan fingerprint density at radius 2 is 1.08 bits per heavy atom. The maximum Gasteiger partial charge on any atom is -0.0000330 e. The third-order valence-electron chi connectivity index (χ3n) is 1.04. The van der Waals surface area contributed by atoms with Gasteiger partial charge in [-0.15, -0.1) is 0 Å². The van der Waals surface area contributed by atoms with E-state index in [0.717, 1.165) is 0 Å². The smallest absolute Gasteiger partial charge is 0.0000330 e. The van der Waals surface area contributed by atoms with Crippen molar-refractivity contribution in [3.63, 3.8) is 0 Å². The lowest BCUT2D eigenvalue weighted by Gasteiger charge is -1.74. The molecule has 0 saturated carbocycles. The molecule has 0 bridgehead atoms. The topological polar surface area (TPSA) is 0 Å². The summed E-state index contributed by atoms with van der Waals surface area (Å²) in [7, 11) is 0. The van der Waals surface area contributed by atoms with Crippen LogP contribution >= 0.6 is 11.6 Å². The molecule has 0 amide bonds. The van der Waals surface area contributed by atoms with E-state index in [9.17, 15) is 0 Å². The Labute approximate surface area is 89.0 Å². The first-order valence-electron chi connectivity index (χ1n) is 4.48. The maximum atomic E-state index is 5.01. The number of hydrogen-bond acceptors (Lipinski definition) is 0. The Morgan fingerprint density at radius 1 is 0.846 bits per heavy atom. The number of allylic oxidation sites excluding steroid dienone is 5. The lowest BCUT2D eigenvalue weighted by Crippen LogP contribution is -1.52. The van der Waals surface area contributed by atoms with Gasteiger partial charge in [0.1, 0.15) is 0 Å². The normalized spacial score (nSPS) is 8.54. The molecule has 1 heteroatoms. The molecule has 0 radical (unpaired) electrons. The highest BCUT2D eigenvalue weighted by atomic mass is 35.5. The molecule has 0 aromatic heterocycles. The second-order valence-corrected chi connectivity index (χ2v) is 2.74. The van der Waals surface area contributed by atoms with Crippen LogP contribution in [0.1, 0.15) is 41.5 Å². The molecule has 0 atom stereocenters. The molecule has 0 fully saturated rings. The SMILES string of the molecule is C/C=C/Cl.C/C=C\C.CC=C(C)C. The Kier molecular flexibility index (Phi) is 31.8. The van der Waals surface area contributed by atoms with E-state index in [1.807, 2.05) is 39.8 Å². The third kappa shape index (κ3) is 84.5. The molecule has 0 saturated heterocycles. The molecule has 0 aromatic rings. The van der Waals surface area contributed by atoms with Crippen LogP contribution in [0.15, 0.2) is 35.4 Å². The van der Waals surface area contributed by atoms with Gasteiger partial charge in [0, 0.05) is 0 Å². The van der Waals surface area contributed by atoms with E-state index in [4.69, 9.17) is 11.6 Å². The van der Waals surface area contributed by atoms with Crippen molar-refractivity contribution in [2.75, 3.05) is 0 Å². The highest BCUT2D eigenvalue weighted by molar-refractivity contribution is 6.25. The molecule has 0 spiro atoms. The third-order valence-corrected chi connectivity index (χ3v) is 1.29. The van der Waals surface area contributed by atoms with Crippen LogP contribution in [0.25, 0.3) is 0 Å². The average Bonchev–Trinajstić information content (AvgIpc) is 2.18. The predicted molar refractivity (Wildman–Crippen MR) is 66.3 cm³/mol. The summed E-state index contributed by atoms with van der Waals surface area (Å²) in [5.41, 5.74) is 2.85. The molecule has 0 unspecified atom stereocenters. The molecule has 0 aliphatic heterocycles. The Hall–Kier alpha value is -0.490. The van der Waals surface area contributed by atoms with Crippen molar-refractivity contribution in [3.05, 3.63) is 35.4 Å². The fraction of sp³-hybridized carbons (Fsp3) is 0.500. The molecule has 0 rings (SSSR count). The van der Waals surface area contributed by atoms with Gasteiger partial charge in [0.25, 0.3) is 0 Å². The van der Waals surface area contributed by atoms with Crippen LogP contribution in [-0.4, -0.2) is 0 Å². The van der Waals surface area contributed by atoms with Gasteiger partial charge < -0.3 is 0 Å². The number of halogens is 1. The van der Waals surface area contributed by atoms with Gasteiger partial charge in [-0.05, 0) is 47.1 Å². The molecular formula is C12H23Cl. The van der Waals surface area contributed by atoms with Gasteiger partial charge in [0.05, 0.1) is 0 Å². The molecule has 78 valence electrons. The van der Waals surface area contributed by atoms with Crippen molar-refractivity contribution in [1.82, 2.24) is 0 Å². The van der Waals surface area contributed by atoms with E-state index >= 15 is 0 Å². The molecule has 0 nitrogen and oxygen atoms in total. The minimum Gasteiger partial charge on any atom is -0.0933 e. The Bertz CT molecular complexity index is 119. The quantitative estimate of drug-likeness (QED) is 0.467. The first kappa shape index (κ1) is 18.3. The standard InChI is InChI=1S/C5H10.C4H8.C3H5Cl/c1-4-5(2)3;1-3-4-2;1-2-3-4/h4H,1-3H3;3-4H,1-2H3;2-3H,1H3/b;4-3-;3-2+. The van der Waals surface area contributed by atoms with E-state index in [1.54, 1.807) is 6.08 Å². The van der Waals surface area contributed by atoms with Gasteiger partial charge in [-0.25, -0.2) is 0 Å². The maximum absolute atomic E-state index is 5.01. The van der Waals surface area contributed by atoms with Crippen LogP contribution in [0.3, 0.4) is 0 Å². The van der Waals surface area contributed by atoms with Crippen LogP contribution in [0.5, 0.6) is 0 Å². The highest BCUT2D eigenvalue weighted by Gasteiger charge is 1.60. The zero-order valence-electron chi connectivity index (χ0n) is 9.76. The van der Waals surface area contributed by atoms with Gasteiger partial charge in [0.15, 0.2) is 0 Å². The minimum atomic E-state index is 1.38. The van der Waals surface area contributed by atoms with Crippen LogP contribution in [0, 0.1) is 0 Å². The monoisotopic (exact) mass is 202 g/mol. The fourth-order valence-corrected chi connectivity index (χ4v) is 0. The molecule has 0 N–H and O–H groups in total. The largest absolute Gasteiger partial charge is 0.0933 e. The second kappa shape index (κ2) is 22.5. The first-order chi connectivity index (χ1) is 6.10. The van der Waals surface area contributed by atoms with Crippen LogP contribution < -0.4 is 0 Å². The van der Waals surface area contributed by atoms with Gasteiger partial charge in [-0.3, -0.25) is 0 Å². The first-order valence-corrected chi connectivity index (χ1v) is 4.92. The number of rotatable bonds is 0. The van der Waals surface area contributed by atoms with Crippen LogP contribution in [0.2, 0.25) is 0 Å². The Morgan fingerprint density at radius 3 is 1.08 bits per heavy atom. The summed E-state index contributed by atoms with van der Waals surface area (Å²) in [5, 5.41) is 0. The van der Waals surface area contributed by atoms with E-state index in [2.05, 4.69) is 19.9 Å². The molecule has 0 aliphatic carbocycles. The van der Waals surface area contributed by atoms with Crippen molar-refractivity contribution in [2.45, 2.75) is 41.5 Å². The molecule has 0 aliphatic rings. The lowest BCUT2D eigenvalue weighted by atomic mass is 10.3. The van der Waals surface area contributed by atoms with E-state index in [1.165, 1.54) is 11.1 Å². The van der Waals surface area contributed by atoms with Crippen LogP contribution in [-0.2, 0) is 0 Å².